The SMILES string of the molecule is CCS(=O)(=O)N(Cc1cccnc1)c1ccc(Oc2cccc([S+](C)[O-])c2)cc1. The van der Waals surface area contributed by atoms with Crippen LogP contribution in [0.1, 0.15) is 12.5 Å². The summed E-state index contributed by atoms with van der Waals surface area (Å²) in [6, 6.07) is 17.5. The molecule has 0 aliphatic heterocycles. The minimum absolute atomic E-state index is 0.00748. The van der Waals surface area contributed by atoms with Crippen LogP contribution in [0.4, 0.5) is 5.69 Å². The van der Waals surface area contributed by atoms with Crippen LogP contribution in [0.25, 0.3) is 0 Å². The van der Waals surface area contributed by atoms with Crippen LogP contribution >= 0.6 is 0 Å². The summed E-state index contributed by atoms with van der Waals surface area (Å²) in [7, 11) is -3.47. The Morgan fingerprint density at radius 3 is 2.45 bits per heavy atom. The number of anilines is 1. The Bertz CT molecular complexity index is 1040. The molecule has 152 valence electrons. The zero-order chi connectivity index (χ0) is 20.9. The lowest BCUT2D eigenvalue weighted by molar-refractivity contribution is 0.481. The van der Waals surface area contributed by atoms with Gasteiger partial charge in [0, 0.05) is 18.5 Å². The molecule has 0 aliphatic rings. The first-order valence-corrected chi connectivity index (χ1v) is 12.2. The summed E-state index contributed by atoms with van der Waals surface area (Å²) in [6.45, 7) is 1.82. The van der Waals surface area contributed by atoms with Crippen LogP contribution in [0.5, 0.6) is 11.5 Å². The minimum Gasteiger partial charge on any atom is -0.612 e. The Labute approximate surface area is 174 Å². The van der Waals surface area contributed by atoms with E-state index in [4.69, 9.17) is 4.74 Å². The van der Waals surface area contributed by atoms with E-state index in [9.17, 15) is 13.0 Å². The van der Waals surface area contributed by atoms with Crippen molar-refractivity contribution in [2.75, 3.05) is 16.3 Å². The third-order valence-corrected chi connectivity index (χ3v) is 6.91. The second kappa shape index (κ2) is 9.30. The zero-order valence-corrected chi connectivity index (χ0v) is 17.8. The smallest absolute Gasteiger partial charge is 0.235 e. The molecule has 0 aliphatic carbocycles. The molecule has 0 amide bonds. The molecular weight excluding hydrogens is 408 g/mol. The Balaban J connectivity index is 1.83. The van der Waals surface area contributed by atoms with Crippen molar-refractivity contribution < 1.29 is 17.7 Å². The zero-order valence-electron chi connectivity index (χ0n) is 16.2. The second-order valence-electron chi connectivity index (χ2n) is 6.29. The maximum Gasteiger partial charge on any atom is 0.235 e. The summed E-state index contributed by atoms with van der Waals surface area (Å²) in [5.41, 5.74) is 1.35. The Hall–Kier alpha value is -2.55. The van der Waals surface area contributed by atoms with E-state index < -0.39 is 21.2 Å². The largest absolute Gasteiger partial charge is 0.612 e. The maximum absolute atomic E-state index is 12.6. The number of pyridine rings is 1. The Kier molecular flexibility index (Phi) is 6.79. The van der Waals surface area contributed by atoms with Crippen molar-refractivity contribution in [3.63, 3.8) is 0 Å². The van der Waals surface area contributed by atoms with Gasteiger partial charge in [-0.2, -0.15) is 0 Å². The van der Waals surface area contributed by atoms with Gasteiger partial charge >= 0.3 is 0 Å². The van der Waals surface area contributed by atoms with Crippen LogP contribution in [0, 0.1) is 0 Å². The topological polar surface area (TPSA) is 82.6 Å². The molecule has 0 fully saturated rings. The summed E-state index contributed by atoms with van der Waals surface area (Å²) in [5.74, 6) is 1.12. The number of hydrogen-bond donors (Lipinski definition) is 0. The van der Waals surface area contributed by atoms with E-state index in [0.717, 1.165) is 5.56 Å². The highest BCUT2D eigenvalue weighted by Crippen LogP contribution is 2.28. The third kappa shape index (κ3) is 5.50. The molecule has 29 heavy (non-hydrogen) atoms. The highest BCUT2D eigenvalue weighted by atomic mass is 32.2. The monoisotopic (exact) mass is 430 g/mol. The lowest BCUT2D eigenvalue weighted by atomic mass is 10.2. The van der Waals surface area contributed by atoms with Gasteiger partial charge < -0.3 is 9.29 Å². The van der Waals surface area contributed by atoms with Crippen molar-refractivity contribution in [2.24, 2.45) is 0 Å². The lowest BCUT2D eigenvalue weighted by Gasteiger charge is -2.24. The van der Waals surface area contributed by atoms with Gasteiger partial charge in [-0.1, -0.05) is 12.1 Å². The normalized spacial score (nSPS) is 12.4. The van der Waals surface area contributed by atoms with Gasteiger partial charge in [0.15, 0.2) is 4.90 Å². The number of rotatable bonds is 8. The van der Waals surface area contributed by atoms with Crippen LogP contribution in [-0.2, 0) is 27.7 Å². The fourth-order valence-electron chi connectivity index (χ4n) is 2.70. The molecule has 2 aromatic carbocycles. The molecule has 0 saturated carbocycles. The minimum atomic E-state index is -3.47. The van der Waals surface area contributed by atoms with E-state index in [1.54, 1.807) is 80.2 Å². The lowest BCUT2D eigenvalue weighted by Crippen LogP contribution is -2.31. The summed E-state index contributed by atoms with van der Waals surface area (Å²) < 4.78 is 44.1. The number of nitrogens with zero attached hydrogens (tertiary/aromatic N) is 2. The average molecular weight is 431 g/mol. The number of aromatic nitrogens is 1. The third-order valence-electron chi connectivity index (χ3n) is 4.25. The van der Waals surface area contributed by atoms with Crippen molar-refractivity contribution in [3.05, 3.63) is 78.6 Å². The Morgan fingerprint density at radius 2 is 1.83 bits per heavy atom. The van der Waals surface area contributed by atoms with E-state index in [-0.39, 0.29) is 12.3 Å². The first kappa shape index (κ1) is 21.2. The first-order chi connectivity index (χ1) is 13.9. The molecule has 0 N–H and O–H groups in total. The van der Waals surface area contributed by atoms with Crippen molar-refractivity contribution in [1.29, 1.82) is 0 Å². The summed E-state index contributed by atoms with van der Waals surface area (Å²) in [6.07, 6.45) is 4.91. The molecule has 3 rings (SSSR count). The molecule has 0 saturated heterocycles. The second-order valence-corrected chi connectivity index (χ2v) is 9.86. The molecule has 0 spiro atoms. The Morgan fingerprint density at radius 1 is 1.07 bits per heavy atom. The highest BCUT2D eigenvalue weighted by Gasteiger charge is 2.21. The molecule has 0 bridgehead atoms. The molecule has 1 aromatic heterocycles. The number of ether oxygens (including phenoxy) is 1. The average Bonchev–Trinajstić information content (AvgIpc) is 2.73. The van der Waals surface area contributed by atoms with Crippen LogP contribution in [-0.4, -0.2) is 30.0 Å². The van der Waals surface area contributed by atoms with Gasteiger partial charge in [0.05, 0.1) is 18.0 Å². The quantitative estimate of drug-likeness (QED) is 0.505. The van der Waals surface area contributed by atoms with Gasteiger partial charge in [0.1, 0.15) is 17.8 Å². The maximum atomic E-state index is 12.6. The van der Waals surface area contributed by atoms with Gasteiger partial charge in [-0.15, -0.1) is 0 Å². The van der Waals surface area contributed by atoms with E-state index >= 15 is 0 Å². The molecule has 1 unspecified atom stereocenters. The van der Waals surface area contributed by atoms with Gasteiger partial charge in [-0.3, -0.25) is 9.29 Å². The number of hydrogen-bond acceptors (Lipinski definition) is 5. The van der Waals surface area contributed by atoms with Crippen molar-refractivity contribution in [1.82, 2.24) is 4.98 Å². The molecule has 6 nitrogen and oxygen atoms in total. The molecule has 0 radical (unpaired) electrons. The first-order valence-electron chi connectivity index (χ1n) is 9.00. The molecule has 3 aromatic rings. The molecule has 8 heteroatoms. The van der Waals surface area contributed by atoms with Crippen molar-refractivity contribution in [3.8, 4) is 11.5 Å². The summed E-state index contributed by atoms with van der Waals surface area (Å²) >= 11 is -1.10. The standard InChI is InChI=1S/C21H22N2O4S2/c1-3-29(25,26)23(16-17-6-5-13-22-15-17)18-9-11-19(12-10-18)27-20-7-4-8-21(14-20)28(2)24/h4-15H,3,16H2,1-2H3. The van der Waals surface area contributed by atoms with Crippen molar-refractivity contribution in [2.45, 2.75) is 18.4 Å². The van der Waals surface area contributed by atoms with Crippen LogP contribution in [0.2, 0.25) is 0 Å². The van der Waals surface area contributed by atoms with E-state index in [2.05, 4.69) is 4.98 Å². The summed E-state index contributed by atoms with van der Waals surface area (Å²) in [4.78, 5) is 4.73. The van der Waals surface area contributed by atoms with Gasteiger partial charge in [-0.25, -0.2) is 8.42 Å². The van der Waals surface area contributed by atoms with Crippen LogP contribution in [0.15, 0.2) is 78.0 Å². The fourth-order valence-corrected chi connectivity index (χ4v) is 4.35. The van der Waals surface area contributed by atoms with E-state index in [1.165, 1.54) is 4.31 Å². The van der Waals surface area contributed by atoms with Gasteiger partial charge in [0.2, 0.25) is 10.0 Å². The summed E-state index contributed by atoms with van der Waals surface area (Å²) in [5, 5.41) is 0. The van der Waals surface area contributed by atoms with Crippen molar-refractivity contribution >= 4 is 26.9 Å². The molecule has 1 atom stereocenters. The predicted molar refractivity (Wildman–Crippen MR) is 115 cm³/mol. The van der Waals surface area contributed by atoms with Gasteiger partial charge in [0.25, 0.3) is 0 Å². The number of benzene rings is 2. The molecular formula is C21H22N2O4S2. The number of sulfonamides is 1. The molecule has 1 heterocycles. The highest BCUT2D eigenvalue weighted by molar-refractivity contribution is 7.92. The van der Waals surface area contributed by atoms with E-state index in [0.29, 0.717) is 22.1 Å². The fraction of sp³-hybridized carbons (Fsp3) is 0.190. The van der Waals surface area contributed by atoms with Crippen LogP contribution in [0.3, 0.4) is 0 Å². The van der Waals surface area contributed by atoms with Gasteiger partial charge in [-0.05, 0) is 66.1 Å². The van der Waals surface area contributed by atoms with E-state index in [1.807, 2.05) is 6.07 Å². The van der Waals surface area contributed by atoms with Crippen LogP contribution < -0.4 is 9.04 Å². The predicted octanol–water partition coefficient (Wildman–Crippen LogP) is 3.97.